The van der Waals surface area contributed by atoms with E-state index in [1.807, 2.05) is 0 Å². The number of aromatic amines is 1. The first-order valence-corrected chi connectivity index (χ1v) is 8.69. The summed E-state index contributed by atoms with van der Waals surface area (Å²) >= 11 is 7.08. The van der Waals surface area contributed by atoms with Crippen LogP contribution in [0, 0.1) is 5.82 Å². The standard InChI is InChI=1S/C17H14ClFN4OS/c1-10(16(24)20-12-6-4-5-11(18)9-12)25-17-21-15(22-23-17)13-7-2-3-8-14(13)19/h2-10H,1H3,(H,20,24)(H,21,22,23)/t10-/m1/s1. The van der Waals surface area contributed by atoms with E-state index in [4.69, 9.17) is 11.6 Å². The van der Waals surface area contributed by atoms with Gasteiger partial charge in [0, 0.05) is 10.7 Å². The third-order valence-electron chi connectivity index (χ3n) is 3.34. The minimum atomic E-state index is -0.441. The molecule has 5 nitrogen and oxygen atoms in total. The highest BCUT2D eigenvalue weighted by molar-refractivity contribution is 8.00. The lowest BCUT2D eigenvalue weighted by Crippen LogP contribution is -2.22. The molecule has 0 radical (unpaired) electrons. The average Bonchev–Trinajstić information content (AvgIpc) is 3.03. The molecule has 0 saturated heterocycles. The molecule has 3 aromatic rings. The molecular formula is C17H14ClFN4OS. The molecule has 0 aliphatic carbocycles. The Bertz CT molecular complexity index is 902. The zero-order valence-corrected chi connectivity index (χ0v) is 14.7. The molecule has 25 heavy (non-hydrogen) atoms. The molecule has 8 heteroatoms. The van der Waals surface area contributed by atoms with E-state index in [2.05, 4.69) is 20.5 Å². The van der Waals surface area contributed by atoms with Gasteiger partial charge in [0.05, 0.1) is 10.8 Å². The van der Waals surface area contributed by atoms with Crippen molar-refractivity contribution in [2.24, 2.45) is 0 Å². The number of rotatable bonds is 5. The monoisotopic (exact) mass is 376 g/mol. The first-order valence-electron chi connectivity index (χ1n) is 7.43. The third kappa shape index (κ3) is 4.37. The van der Waals surface area contributed by atoms with E-state index >= 15 is 0 Å². The minimum Gasteiger partial charge on any atom is -0.325 e. The lowest BCUT2D eigenvalue weighted by atomic mass is 10.2. The van der Waals surface area contributed by atoms with Gasteiger partial charge in [-0.3, -0.25) is 9.89 Å². The van der Waals surface area contributed by atoms with Crippen LogP contribution < -0.4 is 5.32 Å². The predicted octanol–water partition coefficient (Wildman–Crippen LogP) is 4.38. The molecule has 1 atom stereocenters. The Hall–Kier alpha value is -2.38. The van der Waals surface area contributed by atoms with Crippen LogP contribution in [0.2, 0.25) is 5.02 Å². The molecule has 0 unspecified atom stereocenters. The fraction of sp³-hybridized carbons (Fsp3) is 0.118. The summed E-state index contributed by atoms with van der Waals surface area (Å²) < 4.78 is 13.8. The number of amides is 1. The molecular weight excluding hydrogens is 363 g/mol. The highest BCUT2D eigenvalue weighted by Crippen LogP contribution is 2.25. The van der Waals surface area contributed by atoms with Crippen molar-refractivity contribution in [1.29, 1.82) is 0 Å². The first kappa shape index (κ1) is 17.4. The normalized spacial score (nSPS) is 12.0. The maximum Gasteiger partial charge on any atom is 0.237 e. The molecule has 128 valence electrons. The number of carbonyl (C=O) groups is 1. The molecule has 1 heterocycles. The van der Waals surface area contributed by atoms with E-state index in [9.17, 15) is 9.18 Å². The smallest absolute Gasteiger partial charge is 0.237 e. The van der Waals surface area contributed by atoms with Crippen LogP contribution in [0.25, 0.3) is 11.4 Å². The largest absolute Gasteiger partial charge is 0.325 e. The molecule has 0 aliphatic rings. The average molecular weight is 377 g/mol. The van der Waals surface area contributed by atoms with Gasteiger partial charge in [0.2, 0.25) is 11.1 Å². The SMILES string of the molecule is C[C@@H](Sc1n[nH]c(-c2ccccc2F)n1)C(=O)Nc1cccc(Cl)c1. The van der Waals surface area contributed by atoms with Gasteiger partial charge >= 0.3 is 0 Å². The second kappa shape index (κ2) is 7.67. The summed E-state index contributed by atoms with van der Waals surface area (Å²) in [7, 11) is 0. The number of hydrogen-bond donors (Lipinski definition) is 2. The van der Waals surface area contributed by atoms with Crippen molar-refractivity contribution < 1.29 is 9.18 Å². The van der Waals surface area contributed by atoms with E-state index in [0.29, 0.717) is 27.3 Å². The first-order chi connectivity index (χ1) is 12.0. The number of benzene rings is 2. The summed E-state index contributed by atoms with van der Waals surface area (Å²) in [6.45, 7) is 1.74. The van der Waals surface area contributed by atoms with E-state index in [-0.39, 0.29) is 11.7 Å². The van der Waals surface area contributed by atoms with Gasteiger partial charge in [-0.25, -0.2) is 9.37 Å². The van der Waals surface area contributed by atoms with Gasteiger partial charge in [-0.2, -0.15) is 0 Å². The van der Waals surface area contributed by atoms with Crippen LogP contribution in [0.5, 0.6) is 0 Å². The maximum absolute atomic E-state index is 13.8. The Labute approximate surface area is 153 Å². The van der Waals surface area contributed by atoms with Crippen molar-refractivity contribution in [3.05, 3.63) is 59.4 Å². The quantitative estimate of drug-likeness (QED) is 0.648. The Kier molecular flexibility index (Phi) is 5.35. The predicted molar refractivity (Wildman–Crippen MR) is 97.2 cm³/mol. The number of nitrogens with one attached hydrogen (secondary N) is 2. The number of halogens is 2. The van der Waals surface area contributed by atoms with Crippen LogP contribution in [0.15, 0.2) is 53.7 Å². The Morgan fingerprint density at radius 1 is 1.28 bits per heavy atom. The van der Waals surface area contributed by atoms with E-state index < -0.39 is 5.25 Å². The zero-order valence-electron chi connectivity index (χ0n) is 13.2. The molecule has 2 aromatic carbocycles. The number of hydrogen-bond acceptors (Lipinski definition) is 4. The van der Waals surface area contributed by atoms with Crippen LogP contribution in [-0.2, 0) is 4.79 Å². The lowest BCUT2D eigenvalue weighted by molar-refractivity contribution is -0.115. The topological polar surface area (TPSA) is 70.7 Å². The number of aromatic nitrogens is 3. The Morgan fingerprint density at radius 3 is 2.84 bits per heavy atom. The third-order valence-corrected chi connectivity index (χ3v) is 4.53. The highest BCUT2D eigenvalue weighted by Gasteiger charge is 2.18. The van der Waals surface area contributed by atoms with E-state index in [1.165, 1.54) is 17.8 Å². The number of carbonyl (C=O) groups excluding carboxylic acids is 1. The molecule has 1 aromatic heterocycles. The van der Waals surface area contributed by atoms with Gasteiger partial charge < -0.3 is 5.32 Å². The molecule has 0 saturated carbocycles. The minimum absolute atomic E-state index is 0.204. The van der Waals surface area contributed by atoms with E-state index in [1.54, 1.807) is 49.4 Å². The number of anilines is 1. The van der Waals surface area contributed by atoms with Crippen LogP contribution in [0.3, 0.4) is 0 Å². The second-order valence-corrected chi connectivity index (χ2v) is 6.95. The fourth-order valence-electron chi connectivity index (χ4n) is 2.09. The summed E-state index contributed by atoms with van der Waals surface area (Å²) in [6.07, 6.45) is 0. The van der Waals surface area contributed by atoms with Crippen LogP contribution >= 0.6 is 23.4 Å². The van der Waals surface area contributed by atoms with Crippen molar-refractivity contribution in [2.45, 2.75) is 17.3 Å². The van der Waals surface area contributed by atoms with Gasteiger partial charge in [-0.15, -0.1) is 5.10 Å². The van der Waals surface area contributed by atoms with Gasteiger partial charge in [0.15, 0.2) is 5.82 Å². The van der Waals surface area contributed by atoms with Gasteiger partial charge in [0.1, 0.15) is 5.82 Å². The lowest BCUT2D eigenvalue weighted by Gasteiger charge is -2.10. The number of thioether (sulfide) groups is 1. The zero-order chi connectivity index (χ0) is 17.8. The summed E-state index contributed by atoms with van der Waals surface area (Å²) in [5.74, 6) is -0.269. The number of H-pyrrole nitrogens is 1. The van der Waals surface area contributed by atoms with Crippen molar-refractivity contribution in [3.8, 4) is 11.4 Å². The van der Waals surface area contributed by atoms with Crippen LogP contribution in [0.1, 0.15) is 6.92 Å². The number of nitrogens with zero attached hydrogens (tertiary/aromatic N) is 2. The summed E-state index contributed by atoms with van der Waals surface area (Å²) in [5.41, 5.74) is 0.949. The fourth-order valence-corrected chi connectivity index (χ4v) is 3.01. The van der Waals surface area contributed by atoms with Crippen molar-refractivity contribution >= 4 is 35.0 Å². The van der Waals surface area contributed by atoms with Gasteiger partial charge in [-0.1, -0.05) is 41.6 Å². The van der Waals surface area contributed by atoms with Crippen molar-refractivity contribution in [2.75, 3.05) is 5.32 Å². The molecule has 1 amide bonds. The summed E-state index contributed by atoms with van der Waals surface area (Å²) in [4.78, 5) is 16.5. The van der Waals surface area contributed by atoms with Crippen LogP contribution in [0.4, 0.5) is 10.1 Å². The van der Waals surface area contributed by atoms with Crippen molar-refractivity contribution in [3.63, 3.8) is 0 Å². The highest BCUT2D eigenvalue weighted by atomic mass is 35.5. The van der Waals surface area contributed by atoms with Crippen molar-refractivity contribution in [1.82, 2.24) is 15.2 Å². The molecule has 3 rings (SSSR count). The molecule has 0 spiro atoms. The molecule has 0 aliphatic heterocycles. The van der Waals surface area contributed by atoms with Gasteiger partial charge in [0.25, 0.3) is 0 Å². The molecule has 0 fully saturated rings. The van der Waals surface area contributed by atoms with E-state index in [0.717, 1.165) is 0 Å². The Morgan fingerprint density at radius 2 is 2.08 bits per heavy atom. The van der Waals surface area contributed by atoms with Gasteiger partial charge in [-0.05, 0) is 37.3 Å². The molecule has 0 bridgehead atoms. The Balaban J connectivity index is 1.66. The summed E-state index contributed by atoms with van der Waals surface area (Å²) in [5, 5.41) is 9.98. The summed E-state index contributed by atoms with van der Waals surface area (Å²) in [6, 6.07) is 13.2. The molecule has 2 N–H and O–H groups in total. The van der Waals surface area contributed by atoms with Crippen LogP contribution in [-0.4, -0.2) is 26.3 Å². The second-order valence-electron chi connectivity index (χ2n) is 5.21. The maximum atomic E-state index is 13.8.